The van der Waals surface area contributed by atoms with E-state index in [-0.39, 0.29) is 5.78 Å². The van der Waals surface area contributed by atoms with E-state index >= 15 is 0 Å². The van der Waals surface area contributed by atoms with Gasteiger partial charge < -0.3 is 4.90 Å². The van der Waals surface area contributed by atoms with Crippen LogP contribution in [-0.4, -0.2) is 22.1 Å². The zero-order valence-electron chi connectivity index (χ0n) is 17.0. The van der Waals surface area contributed by atoms with Crippen molar-refractivity contribution in [2.24, 2.45) is 7.05 Å². The Balaban J connectivity index is 1.52. The van der Waals surface area contributed by atoms with E-state index in [9.17, 15) is 4.79 Å². The first-order valence-corrected chi connectivity index (χ1v) is 10.4. The second-order valence-electron chi connectivity index (χ2n) is 7.94. The SMILES string of the molecule is CCC(=O)C1=CCc2ccc(N3CCCc4cc(-c5cnn(C)c5)ccc43)cc21. The monoisotopic (exact) mass is 383 g/mol. The Hall–Kier alpha value is -3.14. The molecule has 0 spiro atoms. The summed E-state index contributed by atoms with van der Waals surface area (Å²) < 4.78 is 1.84. The second kappa shape index (κ2) is 7.03. The number of fused-ring (bicyclic) bond motifs is 2. The number of nitrogens with zero attached hydrogens (tertiary/aromatic N) is 3. The van der Waals surface area contributed by atoms with Gasteiger partial charge >= 0.3 is 0 Å². The summed E-state index contributed by atoms with van der Waals surface area (Å²) in [5.41, 5.74) is 9.46. The molecule has 0 fully saturated rings. The molecule has 5 rings (SSSR count). The molecule has 2 heterocycles. The lowest BCUT2D eigenvalue weighted by Gasteiger charge is -2.32. The summed E-state index contributed by atoms with van der Waals surface area (Å²) in [5, 5.41) is 4.30. The maximum Gasteiger partial charge on any atom is 0.162 e. The number of anilines is 2. The van der Waals surface area contributed by atoms with Gasteiger partial charge in [-0.05, 0) is 65.8 Å². The predicted octanol–water partition coefficient (Wildman–Crippen LogP) is 5.09. The van der Waals surface area contributed by atoms with E-state index in [1.807, 2.05) is 24.9 Å². The summed E-state index contributed by atoms with van der Waals surface area (Å²) in [6.07, 6.45) is 9.69. The van der Waals surface area contributed by atoms with Crippen LogP contribution in [0.2, 0.25) is 0 Å². The van der Waals surface area contributed by atoms with Gasteiger partial charge in [0.25, 0.3) is 0 Å². The lowest BCUT2D eigenvalue weighted by molar-refractivity contribution is -0.113. The van der Waals surface area contributed by atoms with E-state index < -0.39 is 0 Å². The summed E-state index contributed by atoms with van der Waals surface area (Å²) in [5.74, 6) is 0.237. The first-order valence-electron chi connectivity index (χ1n) is 10.4. The van der Waals surface area contributed by atoms with Crippen molar-refractivity contribution < 1.29 is 4.79 Å². The smallest absolute Gasteiger partial charge is 0.162 e. The van der Waals surface area contributed by atoms with Gasteiger partial charge in [0.15, 0.2) is 5.78 Å². The largest absolute Gasteiger partial charge is 0.341 e. The molecule has 4 heteroatoms. The molecular weight excluding hydrogens is 358 g/mol. The van der Waals surface area contributed by atoms with Gasteiger partial charge in [-0.15, -0.1) is 0 Å². The Morgan fingerprint density at radius 2 is 2.00 bits per heavy atom. The number of aromatic nitrogens is 2. The first kappa shape index (κ1) is 17.9. The van der Waals surface area contributed by atoms with Crippen molar-refractivity contribution in [2.45, 2.75) is 32.6 Å². The van der Waals surface area contributed by atoms with E-state index in [2.05, 4.69) is 58.7 Å². The summed E-state index contributed by atoms with van der Waals surface area (Å²) in [7, 11) is 1.95. The average Bonchev–Trinajstić information content (AvgIpc) is 3.38. The van der Waals surface area contributed by atoms with Crippen molar-refractivity contribution in [3.63, 3.8) is 0 Å². The highest BCUT2D eigenvalue weighted by Crippen LogP contribution is 2.39. The molecule has 0 N–H and O–H groups in total. The minimum Gasteiger partial charge on any atom is -0.341 e. The van der Waals surface area contributed by atoms with E-state index in [1.54, 1.807) is 0 Å². The van der Waals surface area contributed by atoms with Crippen LogP contribution in [0.1, 0.15) is 36.5 Å². The molecule has 29 heavy (non-hydrogen) atoms. The molecule has 0 radical (unpaired) electrons. The van der Waals surface area contributed by atoms with Crippen LogP contribution in [0.5, 0.6) is 0 Å². The van der Waals surface area contributed by atoms with Crippen LogP contribution < -0.4 is 4.90 Å². The second-order valence-corrected chi connectivity index (χ2v) is 7.94. The minimum atomic E-state index is 0.237. The van der Waals surface area contributed by atoms with Gasteiger partial charge in [-0.3, -0.25) is 9.48 Å². The van der Waals surface area contributed by atoms with E-state index in [1.165, 1.54) is 28.1 Å². The van der Waals surface area contributed by atoms with Gasteiger partial charge in [-0.2, -0.15) is 5.10 Å². The number of aryl methyl sites for hydroxylation is 2. The van der Waals surface area contributed by atoms with Gasteiger partial charge in [0, 0.05) is 48.7 Å². The molecular formula is C25H25N3O. The van der Waals surface area contributed by atoms with Gasteiger partial charge in [0.2, 0.25) is 0 Å². The molecule has 0 amide bonds. The summed E-state index contributed by atoms with van der Waals surface area (Å²) in [6.45, 7) is 2.94. The molecule has 2 aromatic carbocycles. The number of carbonyl (C=O) groups is 1. The fourth-order valence-corrected chi connectivity index (χ4v) is 4.55. The molecule has 146 valence electrons. The van der Waals surface area contributed by atoms with Crippen LogP contribution in [0.3, 0.4) is 0 Å². The zero-order valence-corrected chi connectivity index (χ0v) is 17.0. The van der Waals surface area contributed by atoms with E-state index in [0.29, 0.717) is 6.42 Å². The quantitative estimate of drug-likeness (QED) is 0.630. The Labute approximate surface area is 171 Å². The predicted molar refractivity (Wildman–Crippen MR) is 117 cm³/mol. The van der Waals surface area contributed by atoms with Gasteiger partial charge in [0.1, 0.15) is 0 Å². The van der Waals surface area contributed by atoms with Crippen LogP contribution in [0.25, 0.3) is 16.7 Å². The number of Topliss-reactive ketones (excluding diaryl/α,β-unsaturated/α-hetero) is 1. The van der Waals surface area contributed by atoms with Gasteiger partial charge in [0.05, 0.1) is 6.20 Å². The highest BCUT2D eigenvalue weighted by molar-refractivity contribution is 6.22. The molecule has 1 aliphatic carbocycles. The fraction of sp³-hybridized carbons (Fsp3) is 0.280. The van der Waals surface area contributed by atoms with Crippen molar-refractivity contribution in [1.29, 1.82) is 0 Å². The highest BCUT2D eigenvalue weighted by atomic mass is 16.1. The zero-order chi connectivity index (χ0) is 20.0. The number of hydrogen-bond acceptors (Lipinski definition) is 3. The number of hydrogen-bond donors (Lipinski definition) is 0. The molecule has 1 aliphatic heterocycles. The van der Waals surface area contributed by atoms with Crippen LogP contribution in [0.15, 0.2) is 54.9 Å². The Morgan fingerprint density at radius 3 is 2.79 bits per heavy atom. The third kappa shape index (κ3) is 3.09. The van der Waals surface area contributed by atoms with Gasteiger partial charge in [-0.25, -0.2) is 0 Å². The summed E-state index contributed by atoms with van der Waals surface area (Å²) in [6, 6.07) is 13.3. The summed E-state index contributed by atoms with van der Waals surface area (Å²) >= 11 is 0. The minimum absolute atomic E-state index is 0.237. The molecule has 0 unspecified atom stereocenters. The molecule has 0 saturated heterocycles. The lowest BCUT2D eigenvalue weighted by Crippen LogP contribution is -2.24. The lowest BCUT2D eigenvalue weighted by atomic mass is 9.95. The standard InChI is InChI=1S/C25H25N3O/c1-3-25(29)22-10-7-17-6-9-21(14-23(17)22)28-12-4-5-19-13-18(8-11-24(19)28)20-15-26-27(2)16-20/h6,8-11,13-16H,3-5,7,12H2,1-2H3. The molecule has 1 aromatic heterocycles. The first-order chi connectivity index (χ1) is 14.1. The Kier molecular flexibility index (Phi) is 4.35. The molecule has 0 atom stereocenters. The fourth-order valence-electron chi connectivity index (χ4n) is 4.55. The maximum atomic E-state index is 12.3. The molecule has 2 aliphatic rings. The molecule has 4 nitrogen and oxygen atoms in total. The normalized spacial score (nSPS) is 15.1. The summed E-state index contributed by atoms with van der Waals surface area (Å²) in [4.78, 5) is 14.7. The van der Waals surface area contributed by atoms with Crippen LogP contribution in [0, 0.1) is 0 Å². The van der Waals surface area contributed by atoms with Crippen LogP contribution in [0.4, 0.5) is 11.4 Å². The number of carbonyl (C=O) groups excluding carboxylic acids is 1. The molecule has 0 saturated carbocycles. The maximum absolute atomic E-state index is 12.3. The number of rotatable bonds is 4. The topological polar surface area (TPSA) is 38.1 Å². The van der Waals surface area contributed by atoms with Crippen molar-refractivity contribution in [2.75, 3.05) is 11.4 Å². The van der Waals surface area contributed by atoms with Crippen LogP contribution in [-0.2, 0) is 24.7 Å². The van der Waals surface area contributed by atoms with E-state index in [0.717, 1.165) is 42.5 Å². The van der Waals surface area contributed by atoms with Crippen molar-refractivity contribution in [3.05, 3.63) is 71.6 Å². The average molecular weight is 383 g/mol. The Bertz CT molecular complexity index is 1140. The number of benzene rings is 2. The van der Waals surface area contributed by atoms with E-state index in [4.69, 9.17) is 0 Å². The number of ketones is 1. The van der Waals surface area contributed by atoms with Crippen molar-refractivity contribution >= 4 is 22.7 Å². The van der Waals surface area contributed by atoms with Crippen molar-refractivity contribution in [3.8, 4) is 11.1 Å². The Morgan fingerprint density at radius 1 is 1.10 bits per heavy atom. The van der Waals surface area contributed by atoms with Crippen LogP contribution >= 0.6 is 0 Å². The van der Waals surface area contributed by atoms with Crippen molar-refractivity contribution in [1.82, 2.24) is 9.78 Å². The number of allylic oxidation sites excluding steroid dienone is 2. The molecule has 0 bridgehead atoms. The highest BCUT2D eigenvalue weighted by Gasteiger charge is 2.23. The van der Waals surface area contributed by atoms with Gasteiger partial charge in [-0.1, -0.05) is 25.1 Å². The third-order valence-electron chi connectivity index (χ3n) is 6.08. The molecule has 3 aromatic rings. The third-order valence-corrected chi connectivity index (χ3v) is 6.08.